The molecule has 1 N–H and O–H groups in total. The third-order valence-electron chi connectivity index (χ3n) is 4.68. The Hall–Kier alpha value is -1.88. The molecule has 1 fully saturated rings. The molecule has 156 valence electrons. The molecule has 0 bridgehead atoms. The van der Waals surface area contributed by atoms with Gasteiger partial charge in [0.05, 0.1) is 19.7 Å². The van der Waals surface area contributed by atoms with Crippen LogP contribution in [0.1, 0.15) is 6.42 Å². The first-order valence-corrected chi connectivity index (χ1v) is 10.0. The SMILES string of the molecule is COc1cc2ncnc(N3CCCN(CCN[SH](=O)=O)CC3)c2cc1OC.Cl. The quantitative estimate of drug-likeness (QED) is 0.618. The molecule has 1 aromatic heterocycles. The van der Waals surface area contributed by atoms with Crippen LogP contribution in [0.5, 0.6) is 11.5 Å². The van der Waals surface area contributed by atoms with E-state index in [2.05, 4.69) is 24.5 Å². The summed E-state index contributed by atoms with van der Waals surface area (Å²) >= 11 is 0. The standard InChI is InChI=1S/C17H25N5O4S.ClH/c1-25-15-10-13-14(11-16(15)26-2)18-12-19-17(13)22-6-3-5-21(8-9-22)7-4-20-27(23)24;/h10-12,27H,3-9H2,1-2H3,(H,20,23,24);1H. The van der Waals surface area contributed by atoms with E-state index < -0.39 is 10.9 Å². The van der Waals surface area contributed by atoms with Gasteiger partial charge < -0.3 is 19.3 Å². The fourth-order valence-corrected chi connectivity index (χ4v) is 3.61. The number of ether oxygens (including phenoxy) is 2. The minimum atomic E-state index is -2.53. The van der Waals surface area contributed by atoms with Crippen molar-refractivity contribution in [2.45, 2.75) is 6.42 Å². The monoisotopic (exact) mass is 431 g/mol. The molecule has 0 spiro atoms. The molecule has 0 saturated carbocycles. The van der Waals surface area contributed by atoms with Crippen molar-refractivity contribution < 1.29 is 17.9 Å². The summed E-state index contributed by atoms with van der Waals surface area (Å²) in [6, 6.07) is 3.78. The highest BCUT2D eigenvalue weighted by Gasteiger charge is 2.19. The molecule has 1 aliphatic rings. The maximum absolute atomic E-state index is 10.6. The molecular formula is C17H26ClN5O4S. The van der Waals surface area contributed by atoms with Gasteiger partial charge >= 0.3 is 0 Å². The number of fused-ring (bicyclic) bond motifs is 1. The topological polar surface area (TPSA) is 96.9 Å². The van der Waals surface area contributed by atoms with Gasteiger partial charge in [-0.2, -0.15) is 0 Å². The highest BCUT2D eigenvalue weighted by molar-refractivity contribution is 7.70. The van der Waals surface area contributed by atoms with Gasteiger partial charge in [0.25, 0.3) is 0 Å². The molecule has 9 nitrogen and oxygen atoms in total. The predicted molar refractivity (Wildman–Crippen MR) is 111 cm³/mol. The van der Waals surface area contributed by atoms with Crippen LogP contribution in [0.15, 0.2) is 18.5 Å². The molecule has 1 aliphatic heterocycles. The molecule has 28 heavy (non-hydrogen) atoms. The first-order chi connectivity index (χ1) is 13.1. The summed E-state index contributed by atoms with van der Waals surface area (Å²) in [5.41, 5.74) is 0.808. The molecule has 1 aromatic carbocycles. The van der Waals surface area contributed by atoms with Crippen LogP contribution in [0.25, 0.3) is 10.9 Å². The molecule has 2 aromatic rings. The lowest BCUT2D eigenvalue weighted by Crippen LogP contribution is -2.35. The third kappa shape index (κ3) is 5.34. The Kier molecular flexibility index (Phi) is 8.49. The van der Waals surface area contributed by atoms with Crippen molar-refractivity contribution >= 4 is 40.0 Å². The summed E-state index contributed by atoms with van der Waals surface area (Å²) < 4.78 is 34.5. The van der Waals surface area contributed by atoms with Gasteiger partial charge in [0.15, 0.2) is 11.5 Å². The first-order valence-electron chi connectivity index (χ1n) is 8.84. The smallest absolute Gasteiger partial charge is 0.201 e. The van der Waals surface area contributed by atoms with Crippen molar-refractivity contribution in [2.24, 2.45) is 0 Å². The number of anilines is 1. The zero-order valence-electron chi connectivity index (χ0n) is 16.0. The van der Waals surface area contributed by atoms with Gasteiger partial charge in [0, 0.05) is 44.2 Å². The van der Waals surface area contributed by atoms with Crippen molar-refractivity contribution in [1.29, 1.82) is 0 Å². The normalized spacial score (nSPS) is 15.3. The van der Waals surface area contributed by atoms with Crippen LogP contribution in [-0.2, 0) is 10.9 Å². The average Bonchev–Trinajstić information content (AvgIpc) is 2.91. The van der Waals surface area contributed by atoms with Crippen LogP contribution in [0.3, 0.4) is 0 Å². The molecule has 0 radical (unpaired) electrons. The number of aromatic nitrogens is 2. The Morgan fingerprint density at radius 1 is 1.07 bits per heavy atom. The van der Waals surface area contributed by atoms with Crippen molar-refractivity contribution in [1.82, 2.24) is 19.6 Å². The minimum absolute atomic E-state index is 0. The molecule has 11 heteroatoms. The molecule has 3 rings (SSSR count). The van der Waals surface area contributed by atoms with Crippen LogP contribution in [0.4, 0.5) is 5.82 Å². The van der Waals surface area contributed by atoms with E-state index in [0.717, 1.165) is 49.3 Å². The Morgan fingerprint density at radius 2 is 1.82 bits per heavy atom. The predicted octanol–water partition coefficient (Wildman–Crippen LogP) is 0.697. The van der Waals surface area contributed by atoms with Gasteiger partial charge in [-0.1, -0.05) is 0 Å². The van der Waals surface area contributed by atoms with Gasteiger partial charge in [0.1, 0.15) is 12.1 Å². The van der Waals surface area contributed by atoms with E-state index in [0.29, 0.717) is 24.6 Å². The second-order valence-corrected chi connectivity index (χ2v) is 7.10. The second-order valence-electron chi connectivity index (χ2n) is 6.27. The first kappa shape index (κ1) is 22.4. The molecule has 0 amide bonds. The molecule has 2 heterocycles. The lowest BCUT2D eigenvalue weighted by molar-refractivity contribution is 0.298. The highest BCUT2D eigenvalue weighted by atomic mass is 35.5. The third-order valence-corrected chi connectivity index (χ3v) is 5.16. The maximum Gasteiger partial charge on any atom is 0.201 e. The van der Waals surface area contributed by atoms with Crippen molar-refractivity contribution in [3.05, 3.63) is 18.5 Å². The summed E-state index contributed by atoms with van der Waals surface area (Å²) in [6.07, 6.45) is 2.54. The number of thiol groups is 1. The van der Waals surface area contributed by atoms with E-state index >= 15 is 0 Å². The second kappa shape index (κ2) is 10.6. The Bertz CT molecular complexity index is 859. The summed E-state index contributed by atoms with van der Waals surface area (Å²) in [5, 5.41) is 0.925. The summed E-state index contributed by atoms with van der Waals surface area (Å²) in [6.45, 7) is 4.59. The molecule has 0 atom stereocenters. The number of methoxy groups -OCH3 is 2. The van der Waals surface area contributed by atoms with Crippen LogP contribution in [-0.4, -0.2) is 76.8 Å². The maximum atomic E-state index is 10.6. The van der Waals surface area contributed by atoms with Gasteiger partial charge in [-0.3, -0.25) is 0 Å². The number of nitrogens with one attached hydrogen (secondary N) is 1. The Balaban J connectivity index is 0.00000280. The zero-order valence-corrected chi connectivity index (χ0v) is 17.7. The summed E-state index contributed by atoms with van der Waals surface area (Å²) in [4.78, 5) is 13.4. The molecule has 0 unspecified atom stereocenters. The zero-order chi connectivity index (χ0) is 19.2. The van der Waals surface area contributed by atoms with Gasteiger partial charge in [-0.15, -0.1) is 12.4 Å². The van der Waals surface area contributed by atoms with E-state index in [1.165, 1.54) is 0 Å². The average molecular weight is 432 g/mol. The van der Waals surface area contributed by atoms with E-state index in [-0.39, 0.29) is 12.4 Å². The van der Waals surface area contributed by atoms with E-state index in [1.807, 2.05) is 12.1 Å². The molecular weight excluding hydrogens is 406 g/mol. The van der Waals surface area contributed by atoms with Crippen LogP contribution in [0, 0.1) is 0 Å². The highest BCUT2D eigenvalue weighted by Crippen LogP contribution is 2.34. The van der Waals surface area contributed by atoms with Gasteiger partial charge in [-0.25, -0.2) is 23.1 Å². The number of hydrogen-bond acceptors (Lipinski definition) is 8. The Labute approximate surface area is 172 Å². The van der Waals surface area contributed by atoms with Crippen molar-refractivity contribution in [2.75, 3.05) is 58.4 Å². The number of halogens is 1. The van der Waals surface area contributed by atoms with E-state index in [4.69, 9.17) is 9.47 Å². The lowest BCUT2D eigenvalue weighted by atomic mass is 10.2. The van der Waals surface area contributed by atoms with Gasteiger partial charge in [-0.05, 0) is 19.0 Å². The summed E-state index contributed by atoms with van der Waals surface area (Å²) in [7, 11) is 0.682. The van der Waals surface area contributed by atoms with Crippen LogP contribution >= 0.6 is 12.4 Å². The minimum Gasteiger partial charge on any atom is -0.493 e. The number of rotatable bonds is 7. The van der Waals surface area contributed by atoms with Crippen molar-refractivity contribution in [3.63, 3.8) is 0 Å². The summed E-state index contributed by atoms with van der Waals surface area (Å²) in [5.74, 6) is 2.17. The number of hydrogen-bond donors (Lipinski definition) is 2. The number of benzene rings is 1. The Morgan fingerprint density at radius 3 is 2.54 bits per heavy atom. The van der Waals surface area contributed by atoms with Crippen LogP contribution in [0.2, 0.25) is 0 Å². The number of nitrogens with zero attached hydrogens (tertiary/aromatic N) is 4. The van der Waals surface area contributed by atoms with Gasteiger partial charge in [0.2, 0.25) is 10.9 Å². The van der Waals surface area contributed by atoms with E-state index in [9.17, 15) is 8.42 Å². The van der Waals surface area contributed by atoms with Crippen LogP contribution < -0.4 is 19.1 Å². The lowest BCUT2D eigenvalue weighted by Gasteiger charge is -2.24. The van der Waals surface area contributed by atoms with Crippen molar-refractivity contribution in [3.8, 4) is 11.5 Å². The fourth-order valence-electron chi connectivity index (χ4n) is 3.33. The molecule has 0 aliphatic carbocycles. The fraction of sp³-hybridized carbons (Fsp3) is 0.529. The molecule has 1 saturated heterocycles. The largest absolute Gasteiger partial charge is 0.493 e. The van der Waals surface area contributed by atoms with E-state index in [1.54, 1.807) is 20.5 Å².